The summed E-state index contributed by atoms with van der Waals surface area (Å²) < 4.78 is 6.05. The van der Waals surface area contributed by atoms with Crippen molar-refractivity contribution in [2.24, 2.45) is 0 Å². The van der Waals surface area contributed by atoms with Crippen LogP contribution in [0.1, 0.15) is 0 Å². The lowest BCUT2D eigenvalue weighted by Gasteiger charge is -2.12. The van der Waals surface area contributed by atoms with Crippen molar-refractivity contribution in [3.63, 3.8) is 0 Å². The average Bonchev–Trinajstić information content (AvgIpc) is 3.44. The van der Waals surface area contributed by atoms with Gasteiger partial charge >= 0.3 is 0 Å². The van der Waals surface area contributed by atoms with Crippen LogP contribution in [-0.4, -0.2) is 15.0 Å². The highest BCUT2D eigenvalue weighted by Crippen LogP contribution is 2.37. The second-order valence-electron chi connectivity index (χ2n) is 9.68. The number of pyridine rings is 2. The third-order valence-corrected chi connectivity index (χ3v) is 7.35. The minimum absolute atomic E-state index is 0.632. The Kier molecular flexibility index (Phi) is 4.79. The molecule has 8 rings (SSSR count). The Labute approximate surface area is 224 Å². The maximum atomic E-state index is 6.05. The van der Waals surface area contributed by atoms with Crippen LogP contribution >= 0.6 is 0 Å². The molecule has 3 heterocycles. The van der Waals surface area contributed by atoms with Gasteiger partial charge in [-0.25, -0.2) is 9.97 Å². The van der Waals surface area contributed by atoms with E-state index >= 15 is 0 Å². The van der Waals surface area contributed by atoms with Gasteiger partial charge in [0.25, 0.3) is 0 Å². The molecule has 0 N–H and O–H groups in total. The summed E-state index contributed by atoms with van der Waals surface area (Å²) in [6.45, 7) is 0. The highest BCUT2D eigenvalue weighted by molar-refractivity contribution is 6.07. The Bertz CT molecular complexity index is 2180. The molecule has 0 bridgehead atoms. The van der Waals surface area contributed by atoms with E-state index in [4.69, 9.17) is 14.4 Å². The number of rotatable bonds is 3. The van der Waals surface area contributed by atoms with Crippen LogP contribution in [-0.2, 0) is 0 Å². The molecule has 0 radical (unpaired) electrons. The normalized spacial score (nSPS) is 11.6. The van der Waals surface area contributed by atoms with Gasteiger partial charge in [0.2, 0.25) is 5.89 Å². The SMILES string of the molecule is c1ccc(-c2nc3cc(-c4ccc(-c5ccc6ccc7cccnc7c6n5)c5ccccc45)ccc3o2)cc1. The topological polar surface area (TPSA) is 51.8 Å². The third-order valence-electron chi connectivity index (χ3n) is 7.35. The number of fused-ring (bicyclic) bond motifs is 5. The molecule has 0 aliphatic heterocycles. The Morgan fingerprint density at radius 3 is 2.13 bits per heavy atom. The molecule has 0 unspecified atom stereocenters. The van der Waals surface area contributed by atoms with Crippen molar-refractivity contribution in [3.05, 3.63) is 128 Å². The van der Waals surface area contributed by atoms with Crippen molar-refractivity contribution in [3.8, 4) is 33.8 Å². The number of oxazole rings is 1. The summed E-state index contributed by atoms with van der Waals surface area (Å²) in [6, 6.07) is 41.6. The van der Waals surface area contributed by atoms with Crippen molar-refractivity contribution in [2.75, 3.05) is 0 Å². The van der Waals surface area contributed by atoms with Crippen LogP contribution < -0.4 is 0 Å². The van der Waals surface area contributed by atoms with Gasteiger partial charge in [0.15, 0.2) is 5.58 Å². The van der Waals surface area contributed by atoms with Crippen molar-refractivity contribution < 1.29 is 4.42 Å². The number of benzene rings is 5. The van der Waals surface area contributed by atoms with E-state index in [1.807, 2.05) is 48.7 Å². The predicted molar refractivity (Wildman–Crippen MR) is 158 cm³/mol. The molecule has 5 aromatic carbocycles. The Balaban J connectivity index is 1.28. The molecule has 0 saturated carbocycles. The molecule has 0 atom stereocenters. The largest absolute Gasteiger partial charge is 0.436 e. The monoisotopic (exact) mass is 499 g/mol. The fraction of sp³-hybridized carbons (Fsp3) is 0. The standard InChI is InChI=1S/C35H21N3O/c1-2-7-24(8-3-1)35-38-31-21-25(15-19-32(31)39-35)26-16-17-29(28-11-5-4-10-27(26)28)30-18-14-23-13-12-22-9-6-20-36-33(22)34(23)37-30/h1-21H. The summed E-state index contributed by atoms with van der Waals surface area (Å²) in [6.07, 6.45) is 1.83. The molecule has 39 heavy (non-hydrogen) atoms. The van der Waals surface area contributed by atoms with Crippen LogP contribution in [0.4, 0.5) is 0 Å². The summed E-state index contributed by atoms with van der Waals surface area (Å²) in [4.78, 5) is 14.5. The maximum Gasteiger partial charge on any atom is 0.227 e. The molecule has 4 nitrogen and oxygen atoms in total. The number of aromatic nitrogens is 3. The Morgan fingerprint density at radius 2 is 1.26 bits per heavy atom. The van der Waals surface area contributed by atoms with E-state index in [9.17, 15) is 0 Å². The highest BCUT2D eigenvalue weighted by atomic mass is 16.3. The van der Waals surface area contributed by atoms with E-state index in [1.165, 1.54) is 5.39 Å². The zero-order valence-corrected chi connectivity index (χ0v) is 20.9. The lowest BCUT2D eigenvalue weighted by atomic mass is 9.93. The van der Waals surface area contributed by atoms with E-state index in [0.29, 0.717) is 5.89 Å². The van der Waals surface area contributed by atoms with E-state index < -0.39 is 0 Å². The fourth-order valence-corrected chi connectivity index (χ4v) is 5.45. The van der Waals surface area contributed by atoms with Gasteiger partial charge in [-0.1, -0.05) is 84.9 Å². The lowest BCUT2D eigenvalue weighted by molar-refractivity contribution is 0.620. The average molecular weight is 500 g/mol. The van der Waals surface area contributed by atoms with Crippen molar-refractivity contribution in [1.29, 1.82) is 0 Å². The molecule has 0 spiro atoms. The van der Waals surface area contributed by atoms with E-state index in [2.05, 4.69) is 83.8 Å². The van der Waals surface area contributed by atoms with Crippen LogP contribution in [0.5, 0.6) is 0 Å². The van der Waals surface area contributed by atoms with Gasteiger partial charge in [-0.2, -0.15) is 0 Å². The first-order chi connectivity index (χ1) is 19.3. The van der Waals surface area contributed by atoms with Crippen LogP contribution in [0, 0.1) is 0 Å². The first kappa shape index (κ1) is 21.7. The highest BCUT2D eigenvalue weighted by Gasteiger charge is 2.14. The minimum atomic E-state index is 0.632. The zero-order chi connectivity index (χ0) is 25.8. The van der Waals surface area contributed by atoms with Gasteiger partial charge in [0, 0.05) is 28.1 Å². The summed E-state index contributed by atoms with van der Waals surface area (Å²) in [5, 5.41) is 4.49. The van der Waals surface area contributed by atoms with Gasteiger partial charge in [-0.05, 0) is 58.3 Å². The number of nitrogens with zero attached hydrogens (tertiary/aromatic N) is 3. The first-order valence-corrected chi connectivity index (χ1v) is 12.9. The molecule has 8 aromatic rings. The van der Waals surface area contributed by atoms with E-state index in [1.54, 1.807) is 0 Å². The van der Waals surface area contributed by atoms with Gasteiger partial charge < -0.3 is 4.42 Å². The summed E-state index contributed by atoms with van der Waals surface area (Å²) in [5.74, 6) is 0.632. The molecule has 0 fully saturated rings. The Morgan fingerprint density at radius 1 is 0.513 bits per heavy atom. The molecule has 0 amide bonds. The van der Waals surface area contributed by atoms with Crippen LogP contribution in [0.2, 0.25) is 0 Å². The van der Waals surface area contributed by atoms with Gasteiger partial charge in [-0.15, -0.1) is 0 Å². The molecule has 0 saturated heterocycles. The van der Waals surface area contributed by atoms with Crippen molar-refractivity contribution in [1.82, 2.24) is 15.0 Å². The quantitative estimate of drug-likeness (QED) is 0.228. The second kappa shape index (κ2) is 8.61. The maximum absolute atomic E-state index is 6.05. The number of hydrogen-bond acceptors (Lipinski definition) is 4. The predicted octanol–water partition coefficient (Wildman–Crippen LogP) is 9.08. The van der Waals surface area contributed by atoms with E-state index in [-0.39, 0.29) is 0 Å². The second-order valence-corrected chi connectivity index (χ2v) is 9.68. The van der Waals surface area contributed by atoms with E-state index in [0.717, 1.165) is 66.2 Å². The summed E-state index contributed by atoms with van der Waals surface area (Å²) in [5.41, 5.74) is 8.71. The molecule has 0 aliphatic carbocycles. The third kappa shape index (κ3) is 3.57. The summed E-state index contributed by atoms with van der Waals surface area (Å²) >= 11 is 0. The molecular formula is C35H21N3O. The van der Waals surface area contributed by atoms with Crippen molar-refractivity contribution >= 4 is 43.7 Å². The van der Waals surface area contributed by atoms with Gasteiger partial charge in [0.1, 0.15) is 5.52 Å². The lowest BCUT2D eigenvalue weighted by Crippen LogP contribution is -1.91. The molecular weight excluding hydrogens is 478 g/mol. The zero-order valence-electron chi connectivity index (χ0n) is 20.9. The van der Waals surface area contributed by atoms with Crippen LogP contribution in [0.15, 0.2) is 132 Å². The van der Waals surface area contributed by atoms with Crippen LogP contribution in [0.3, 0.4) is 0 Å². The first-order valence-electron chi connectivity index (χ1n) is 12.9. The smallest absolute Gasteiger partial charge is 0.227 e. The fourth-order valence-electron chi connectivity index (χ4n) is 5.45. The number of hydrogen-bond donors (Lipinski definition) is 0. The molecule has 182 valence electrons. The molecule has 0 aliphatic rings. The van der Waals surface area contributed by atoms with Crippen LogP contribution in [0.25, 0.3) is 77.5 Å². The van der Waals surface area contributed by atoms with Crippen molar-refractivity contribution in [2.45, 2.75) is 0 Å². The Hall–Kier alpha value is -5.35. The van der Waals surface area contributed by atoms with Gasteiger partial charge in [-0.3, -0.25) is 4.98 Å². The minimum Gasteiger partial charge on any atom is -0.436 e. The summed E-state index contributed by atoms with van der Waals surface area (Å²) in [7, 11) is 0. The molecule has 4 heteroatoms. The van der Waals surface area contributed by atoms with Gasteiger partial charge in [0.05, 0.1) is 16.7 Å². The molecule has 3 aromatic heterocycles.